The Balaban J connectivity index is 1.73. The molecule has 0 saturated carbocycles. The third-order valence-corrected chi connectivity index (χ3v) is 6.45. The normalized spacial score (nSPS) is 21.9. The van der Waals surface area contributed by atoms with Crippen LogP contribution in [-0.4, -0.2) is 42.9 Å². The zero-order chi connectivity index (χ0) is 23.2. The van der Waals surface area contributed by atoms with Crippen molar-refractivity contribution >= 4 is 35.0 Å². The molecule has 0 bridgehead atoms. The Morgan fingerprint density at radius 2 is 1.70 bits per heavy atom. The van der Waals surface area contributed by atoms with Crippen molar-refractivity contribution in [1.82, 2.24) is 4.90 Å². The van der Waals surface area contributed by atoms with Gasteiger partial charge in [-0.1, -0.05) is 53.5 Å². The molecule has 0 aromatic heterocycles. The maximum atomic E-state index is 6.43. The molecule has 0 aliphatic carbocycles. The van der Waals surface area contributed by atoms with Crippen molar-refractivity contribution in [2.75, 3.05) is 20.2 Å². The number of halogens is 2. The summed E-state index contributed by atoms with van der Waals surface area (Å²) >= 11 is 12.5. The Morgan fingerprint density at radius 1 is 0.970 bits per heavy atom. The monoisotopic (exact) mass is 479 g/mol. The molecule has 0 radical (unpaired) electrons. The summed E-state index contributed by atoms with van der Waals surface area (Å²) in [5.41, 5.74) is 15.4. The highest BCUT2D eigenvalue weighted by Crippen LogP contribution is 2.43. The highest BCUT2D eigenvalue weighted by atomic mass is 35.5. The molecule has 2 unspecified atom stereocenters. The Kier molecular flexibility index (Phi) is 5.52. The molecule has 8 heteroatoms. The van der Waals surface area contributed by atoms with Gasteiger partial charge in [-0.25, -0.2) is 4.99 Å². The van der Waals surface area contributed by atoms with E-state index in [1.807, 2.05) is 59.5 Å². The van der Waals surface area contributed by atoms with Gasteiger partial charge in [0.1, 0.15) is 11.6 Å². The number of ether oxygens (including phenoxy) is 1. The summed E-state index contributed by atoms with van der Waals surface area (Å²) in [4.78, 5) is 11.8. The van der Waals surface area contributed by atoms with E-state index in [1.165, 1.54) is 0 Å². The number of amidine groups is 1. The number of methoxy groups -OCH3 is 1. The minimum Gasteiger partial charge on any atom is -0.497 e. The summed E-state index contributed by atoms with van der Waals surface area (Å²) < 4.78 is 5.37. The third-order valence-electron chi connectivity index (χ3n) is 6.01. The Labute approximate surface area is 202 Å². The van der Waals surface area contributed by atoms with Gasteiger partial charge >= 0.3 is 0 Å². The van der Waals surface area contributed by atoms with Crippen LogP contribution in [0.1, 0.15) is 11.1 Å². The lowest BCUT2D eigenvalue weighted by atomic mass is 9.81. The van der Waals surface area contributed by atoms with E-state index < -0.39 is 5.54 Å². The molecule has 168 valence electrons. The van der Waals surface area contributed by atoms with E-state index in [2.05, 4.69) is 6.07 Å². The quantitative estimate of drug-likeness (QED) is 0.584. The third kappa shape index (κ3) is 3.74. The average Bonchev–Trinajstić information content (AvgIpc) is 3.11. The Bertz CT molecular complexity index is 1250. The first kappa shape index (κ1) is 21.8. The summed E-state index contributed by atoms with van der Waals surface area (Å²) in [6.45, 7) is 1.08. The van der Waals surface area contributed by atoms with Crippen LogP contribution in [0.5, 0.6) is 5.75 Å². The second-order valence-corrected chi connectivity index (χ2v) is 9.06. The highest BCUT2D eigenvalue weighted by molar-refractivity contribution is 6.35. The van der Waals surface area contributed by atoms with Crippen LogP contribution in [0, 0.1) is 0 Å². The van der Waals surface area contributed by atoms with Gasteiger partial charge in [0, 0.05) is 22.6 Å². The van der Waals surface area contributed by atoms with Gasteiger partial charge < -0.3 is 16.2 Å². The SMILES string of the molecule is COc1ccc(C2(c3cccc(-c4cc(Cl)cc(Cl)c4)c3)N=C(N)N3CC(N)CN=C32)cc1. The second kappa shape index (κ2) is 8.37. The number of guanidine groups is 1. The first-order valence-electron chi connectivity index (χ1n) is 10.6. The van der Waals surface area contributed by atoms with Crippen LogP contribution in [0.4, 0.5) is 0 Å². The van der Waals surface area contributed by atoms with Gasteiger partial charge in [0.2, 0.25) is 0 Å². The molecule has 4 N–H and O–H groups in total. The molecule has 0 amide bonds. The molecule has 0 saturated heterocycles. The van der Waals surface area contributed by atoms with E-state index in [-0.39, 0.29) is 6.04 Å². The summed E-state index contributed by atoms with van der Waals surface area (Å²) in [6, 6.07) is 21.4. The predicted molar refractivity (Wildman–Crippen MR) is 134 cm³/mol. The van der Waals surface area contributed by atoms with Crippen molar-refractivity contribution in [3.63, 3.8) is 0 Å². The molecule has 0 spiro atoms. The highest BCUT2D eigenvalue weighted by Gasteiger charge is 2.49. The topological polar surface area (TPSA) is 89.2 Å². The number of rotatable bonds is 4. The molecule has 3 aromatic rings. The molecule has 6 nitrogen and oxygen atoms in total. The van der Waals surface area contributed by atoms with Gasteiger partial charge in [0.25, 0.3) is 0 Å². The minimum atomic E-state index is -0.908. The van der Waals surface area contributed by atoms with Gasteiger partial charge in [0.15, 0.2) is 11.5 Å². The maximum absolute atomic E-state index is 6.43. The van der Waals surface area contributed by atoms with Gasteiger partial charge in [-0.2, -0.15) is 0 Å². The molecule has 2 aliphatic rings. The lowest BCUT2D eigenvalue weighted by molar-refractivity contribution is 0.414. The standard InChI is InChI=1S/C25H23Cl2N5O/c1-33-22-7-5-17(6-8-22)25(23-30-13-21(28)14-32(23)24(29)31-25)18-4-2-3-15(9-18)16-10-19(26)12-20(27)11-16/h2-12,21H,13-14,28H2,1H3,(H2,29,31). The van der Waals surface area contributed by atoms with Crippen molar-refractivity contribution in [1.29, 1.82) is 0 Å². The molecule has 0 fully saturated rings. The lowest BCUT2D eigenvalue weighted by Gasteiger charge is -2.34. The van der Waals surface area contributed by atoms with Gasteiger partial charge in [-0.15, -0.1) is 0 Å². The van der Waals surface area contributed by atoms with E-state index >= 15 is 0 Å². The first-order chi connectivity index (χ1) is 15.9. The smallest absolute Gasteiger partial charge is 0.198 e. The van der Waals surface area contributed by atoms with Crippen LogP contribution >= 0.6 is 23.2 Å². The van der Waals surface area contributed by atoms with Crippen LogP contribution in [0.15, 0.2) is 76.7 Å². The number of nitrogens with zero attached hydrogens (tertiary/aromatic N) is 3. The molecule has 2 heterocycles. The maximum Gasteiger partial charge on any atom is 0.198 e. The van der Waals surface area contributed by atoms with Gasteiger partial charge in [0.05, 0.1) is 13.7 Å². The number of fused-ring (bicyclic) bond motifs is 1. The Morgan fingerprint density at radius 3 is 2.39 bits per heavy atom. The fraction of sp³-hybridized carbons (Fsp3) is 0.200. The molecular weight excluding hydrogens is 457 g/mol. The van der Waals surface area contributed by atoms with E-state index in [0.717, 1.165) is 33.8 Å². The summed E-state index contributed by atoms with van der Waals surface area (Å²) in [5.74, 6) is 1.93. The fourth-order valence-electron chi connectivity index (χ4n) is 4.49. The molecular formula is C25H23Cl2N5O. The van der Waals surface area contributed by atoms with E-state index in [9.17, 15) is 0 Å². The molecule has 2 aliphatic heterocycles. The zero-order valence-corrected chi connectivity index (χ0v) is 19.5. The summed E-state index contributed by atoms with van der Waals surface area (Å²) in [7, 11) is 1.64. The van der Waals surface area contributed by atoms with Crippen molar-refractivity contribution in [2.24, 2.45) is 21.5 Å². The number of benzene rings is 3. The second-order valence-electron chi connectivity index (χ2n) is 8.18. The predicted octanol–water partition coefficient (Wildman–Crippen LogP) is 4.28. The van der Waals surface area contributed by atoms with Crippen molar-refractivity contribution in [3.05, 3.63) is 87.9 Å². The van der Waals surface area contributed by atoms with Crippen LogP contribution in [-0.2, 0) is 5.54 Å². The molecule has 5 rings (SSSR count). The van der Waals surface area contributed by atoms with Crippen molar-refractivity contribution < 1.29 is 4.74 Å². The Hall–Kier alpha value is -3.06. The van der Waals surface area contributed by atoms with Crippen molar-refractivity contribution in [3.8, 4) is 16.9 Å². The van der Waals surface area contributed by atoms with Crippen LogP contribution in [0.2, 0.25) is 10.0 Å². The zero-order valence-electron chi connectivity index (χ0n) is 18.0. The van der Waals surface area contributed by atoms with Gasteiger partial charge in [-0.3, -0.25) is 9.89 Å². The average molecular weight is 480 g/mol. The molecule has 2 atom stereocenters. The fourth-order valence-corrected chi connectivity index (χ4v) is 5.02. The molecule has 3 aromatic carbocycles. The van der Waals surface area contributed by atoms with E-state index in [0.29, 0.717) is 29.1 Å². The first-order valence-corrected chi connectivity index (χ1v) is 11.3. The van der Waals surface area contributed by atoms with Crippen LogP contribution in [0.3, 0.4) is 0 Å². The lowest BCUT2D eigenvalue weighted by Crippen LogP contribution is -2.53. The van der Waals surface area contributed by atoms with Crippen molar-refractivity contribution in [2.45, 2.75) is 11.6 Å². The summed E-state index contributed by atoms with van der Waals surface area (Å²) in [5, 5.41) is 1.15. The number of hydrogen-bond donors (Lipinski definition) is 2. The van der Waals surface area contributed by atoms with E-state index in [1.54, 1.807) is 13.2 Å². The van der Waals surface area contributed by atoms with Gasteiger partial charge in [-0.05, 0) is 58.7 Å². The van der Waals surface area contributed by atoms with Crippen LogP contribution < -0.4 is 16.2 Å². The largest absolute Gasteiger partial charge is 0.497 e. The molecule has 33 heavy (non-hydrogen) atoms. The van der Waals surface area contributed by atoms with Crippen LogP contribution in [0.25, 0.3) is 11.1 Å². The number of nitrogens with two attached hydrogens (primary N) is 2. The number of hydrogen-bond acceptors (Lipinski definition) is 6. The van der Waals surface area contributed by atoms with E-state index in [4.69, 9.17) is 49.4 Å². The summed E-state index contributed by atoms with van der Waals surface area (Å²) in [6.07, 6.45) is 0. The number of aliphatic imine (C=N–C) groups is 2. The minimum absolute atomic E-state index is 0.103.